The fourth-order valence-corrected chi connectivity index (χ4v) is 8.55. The third-order valence-electron chi connectivity index (χ3n) is 4.17. The summed E-state index contributed by atoms with van der Waals surface area (Å²) in [5.74, 6) is 0. The Morgan fingerprint density at radius 1 is 0.962 bits per heavy atom. The van der Waals surface area contributed by atoms with Gasteiger partial charge in [0.25, 0.3) is 0 Å². The summed E-state index contributed by atoms with van der Waals surface area (Å²) in [7, 11) is -7.65. The van der Waals surface area contributed by atoms with Gasteiger partial charge in [0.15, 0.2) is 0 Å². The first-order valence-corrected chi connectivity index (χ1v) is 12.3. The second kappa shape index (κ2) is 10.5. The Hall–Kier alpha value is -0.0400. The van der Waals surface area contributed by atoms with E-state index < -0.39 is 26.3 Å². The highest BCUT2D eigenvalue weighted by molar-refractivity contribution is 7.72. The van der Waals surface area contributed by atoms with Crippen molar-refractivity contribution in [1.29, 1.82) is 0 Å². The Labute approximate surface area is 156 Å². The predicted octanol–water partition coefficient (Wildman–Crippen LogP) is 3.82. The van der Waals surface area contributed by atoms with Gasteiger partial charge in [-0.15, -0.1) is 6.58 Å². The van der Waals surface area contributed by atoms with Crippen LogP contribution < -0.4 is 0 Å². The van der Waals surface area contributed by atoms with Gasteiger partial charge in [0.1, 0.15) is 0 Å². The lowest BCUT2D eigenvalue weighted by atomic mass is 9.92. The maximum absolute atomic E-state index is 13.5. The molecule has 1 aliphatic rings. The minimum atomic E-state index is -3.82. The molecule has 0 aliphatic carbocycles. The molecule has 0 aromatic rings. The second-order valence-corrected chi connectivity index (χ2v) is 10.5. The number of hydrogen-bond donors (Lipinski definition) is 1. The molecule has 8 nitrogen and oxygen atoms in total. The van der Waals surface area contributed by atoms with E-state index in [1.54, 1.807) is 32.6 Å². The molecule has 0 unspecified atom stereocenters. The van der Waals surface area contributed by atoms with Crippen LogP contribution in [0.4, 0.5) is 0 Å². The lowest BCUT2D eigenvalue weighted by molar-refractivity contribution is 0.0147. The molecule has 0 bridgehead atoms. The fraction of sp³-hybridized carbons (Fsp3) is 0.875. The molecule has 26 heavy (non-hydrogen) atoms. The average molecular weight is 413 g/mol. The van der Waals surface area contributed by atoms with E-state index in [1.807, 2.05) is 0 Å². The summed E-state index contributed by atoms with van der Waals surface area (Å²) in [5.41, 5.74) is -2.17. The molecule has 1 heterocycles. The molecule has 0 amide bonds. The van der Waals surface area contributed by atoms with Crippen LogP contribution in [0.15, 0.2) is 12.7 Å². The van der Waals surface area contributed by atoms with Crippen LogP contribution in [-0.4, -0.2) is 60.6 Å². The van der Waals surface area contributed by atoms with Crippen LogP contribution >= 0.6 is 15.2 Å². The van der Waals surface area contributed by atoms with E-state index in [-0.39, 0.29) is 26.4 Å². The normalized spacial score (nSPS) is 19.0. The van der Waals surface area contributed by atoms with Gasteiger partial charge in [-0.3, -0.25) is 14.0 Å². The van der Waals surface area contributed by atoms with Crippen LogP contribution in [0, 0.1) is 0 Å². The van der Waals surface area contributed by atoms with E-state index in [2.05, 4.69) is 6.58 Å². The zero-order valence-electron chi connectivity index (χ0n) is 16.3. The molecular formula is C16H33NO7P2. The van der Waals surface area contributed by atoms with Crippen molar-refractivity contribution in [3.63, 3.8) is 0 Å². The smallest absolute Gasteiger partial charge is 0.360 e. The Balaban J connectivity index is 3.30. The van der Waals surface area contributed by atoms with Gasteiger partial charge in [-0.25, -0.2) is 0 Å². The van der Waals surface area contributed by atoms with Crippen LogP contribution in [0.2, 0.25) is 0 Å². The number of nitrogens with zero attached hydrogens (tertiary/aromatic N) is 1. The van der Waals surface area contributed by atoms with Gasteiger partial charge in [0.2, 0.25) is 5.52 Å². The third-order valence-corrected chi connectivity index (χ3v) is 10.1. The summed E-state index contributed by atoms with van der Waals surface area (Å²) in [6.45, 7) is 11.7. The van der Waals surface area contributed by atoms with Crippen LogP contribution in [-0.2, 0) is 27.2 Å². The number of piperidine rings is 1. The maximum Gasteiger partial charge on any atom is 0.360 e. The predicted molar refractivity (Wildman–Crippen MR) is 101 cm³/mol. The molecule has 1 aliphatic heterocycles. The van der Waals surface area contributed by atoms with E-state index >= 15 is 0 Å². The van der Waals surface area contributed by atoms with Gasteiger partial charge >= 0.3 is 15.2 Å². The average Bonchev–Trinajstić information content (AvgIpc) is 2.58. The summed E-state index contributed by atoms with van der Waals surface area (Å²) in [6, 6.07) is 0. The molecular weight excluding hydrogens is 380 g/mol. The van der Waals surface area contributed by atoms with Gasteiger partial charge in [-0.1, -0.05) is 6.08 Å². The molecule has 1 saturated heterocycles. The van der Waals surface area contributed by atoms with E-state index in [1.165, 1.54) is 6.08 Å². The summed E-state index contributed by atoms with van der Waals surface area (Å²) >= 11 is 0. The van der Waals surface area contributed by atoms with Crippen LogP contribution in [0.5, 0.6) is 0 Å². The number of hydrogen-bond acceptors (Lipinski definition) is 8. The summed E-state index contributed by atoms with van der Waals surface area (Å²) in [4.78, 5) is 1.73. The second-order valence-electron chi connectivity index (χ2n) is 5.94. The van der Waals surface area contributed by atoms with Crippen LogP contribution in [0.3, 0.4) is 0 Å². The van der Waals surface area contributed by atoms with Gasteiger partial charge in [-0.05, 0) is 40.5 Å². The minimum absolute atomic E-state index is 0.135. The molecule has 1 N–H and O–H groups in total. The molecule has 0 radical (unpaired) electrons. The lowest BCUT2D eigenvalue weighted by Crippen LogP contribution is -2.48. The molecule has 0 aromatic heterocycles. The molecule has 1 fully saturated rings. The van der Waals surface area contributed by atoms with Crippen molar-refractivity contribution in [1.82, 2.24) is 4.90 Å². The first-order valence-electron chi connectivity index (χ1n) is 9.11. The highest BCUT2D eigenvalue weighted by atomic mass is 31.2. The summed E-state index contributed by atoms with van der Waals surface area (Å²) in [5, 5.41) is 10.4. The van der Waals surface area contributed by atoms with Crippen molar-refractivity contribution in [3.05, 3.63) is 12.7 Å². The highest BCUT2D eigenvalue weighted by Crippen LogP contribution is 2.71. The molecule has 0 aromatic carbocycles. The minimum Gasteiger partial charge on any atom is -0.386 e. The highest BCUT2D eigenvalue weighted by Gasteiger charge is 2.55. The molecule has 0 atom stereocenters. The van der Waals surface area contributed by atoms with Crippen LogP contribution in [0.25, 0.3) is 0 Å². The molecule has 1 rings (SSSR count). The molecule has 10 heteroatoms. The van der Waals surface area contributed by atoms with E-state index in [0.717, 1.165) is 0 Å². The van der Waals surface area contributed by atoms with Crippen molar-refractivity contribution < 1.29 is 32.3 Å². The van der Waals surface area contributed by atoms with E-state index in [9.17, 15) is 14.2 Å². The maximum atomic E-state index is 13.5. The van der Waals surface area contributed by atoms with E-state index in [0.29, 0.717) is 25.9 Å². The number of rotatable bonds is 12. The number of likely N-dealkylation sites (tertiary alicyclic amines) is 1. The zero-order valence-corrected chi connectivity index (χ0v) is 18.0. The summed E-state index contributed by atoms with van der Waals surface area (Å²) < 4.78 is 49.0. The standard InChI is InChI=1S/C16H33NO7P2/c1-6-16(18)11-13-17(14-12-16)15(25(19,21-7-2)22-8-3)26(20,23-9-4)24-10-5/h6,15,18H,1,7-14H2,2-5H3. The first-order chi connectivity index (χ1) is 12.2. The molecule has 0 saturated carbocycles. The van der Waals surface area contributed by atoms with Gasteiger partial charge in [-0.2, -0.15) is 0 Å². The molecule has 0 spiro atoms. The quantitative estimate of drug-likeness (QED) is 0.381. The largest absolute Gasteiger partial charge is 0.386 e. The van der Waals surface area contributed by atoms with Gasteiger partial charge in [0.05, 0.1) is 32.0 Å². The Morgan fingerprint density at radius 3 is 1.58 bits per heavy atom. The summed E-state index contributed by atoms with van der Waals surface area (Å²) in [6.07, 6.45) is 2.24. The SMILES string of the molecule is C=CC1(O)CCN(C(P(=O)(OCC)OCC)P(=O)(OCC)OCC)CC1. The number of aliphatic hydroxyl groups is 1. The fourth-order valence-electron chi connectivity index (χ4n) is 2.98. The van der Waals surface area contributed by atoms with Crippen molar-refractivity contribution in [2.75, 3.05) is 39.5 Å². The van der Waals surface area contributed by atoms with E-state index in [4.69, 9.17) is 18.1 Å². The van der Waals surface area contributed by atoms with Crippen LogP contribution in [0.1, 0.15) is 40.5 Å². The van der Waals surface area contributed by atoms with Crippen molar-refractivity contribution in [2.45, 2.75) is 51.7 Å². The topological polar surface area (TPSA) is 94.5 Å². The monoisotopic (exact) mass is 413 g/mol. The van der Waals surface area contributed by atoms with Gasteiger partial charge in [0, 0.05) is 13.1 Å². The first kappa shape index (κ1) is 24.0. The Kier molecular flexibility index (Phi) is 9.68. The Bertz CT molecular complexity index is 485. The zero-order chi connectivity index (χ0) is 19.8. The van der Waals surface area contributed by atoms with Crippen molar-refractivity contribution in [2.24, 2.45) is 0 Å². The Morgan fingerprint density at radius 2 is 1.31 bits per heavy atom. The molecule has 154 valence electrons. The van der Waals surface area contributed by atoms with Crippen molar-refractivity contribution in [3.8, 4) is 0 Å². The lowest BCUT2D eigenvalue weighted by Gasteiger charge is -2.43. The van der Waals surface area contributed by atoms with Crippen molar-refractivity contribution >= 4 is 15.2 Å². The van der Waals surface area contributed by atoms with Gasteiger partial charge < -0.3 is 23.2 Å². The third kappa shape index (κ3) is 5.73.